The van der Waals surface area contributed by atoms with Crippen molar-refractivity contribution in [1.82, 2.24) is 0 Å². The number of hydrogen-bond acceptors (Lipinski definition) is 3. The van der Waals surface area contributed by atoms with E-state index in [1.807, 2.05) is 0 Å². The molecular formula is C14H16O4. The van der Waals surface area contributed by atoms with Crippen molar-refractivity contribution in [3.05, 3.63) is 29.3 Å². The lowest BCUT2D eigenvalue weighted by Gasteiger charge is -2.11. The van der Waals surface area contributed by atoms with Crippen LogP contribution < -0.4 is 4.74 Å². The van der Waals surface area contributed by atoms with Crippen LogP contribution in [0.4, 0.5) is 0 Å². The van der Waals surface area contributed by atoms with Gasteiger partial charge in [0.1, 0.15) is 5.75 Å². The predicted molar refractivity (Wildman–Crippen MR) is 66.2 cm³/mol. The largest absolute Gasteiger partial charge is 0.497 e. The quantitative estimate of drug-likeness (QED) is 0.832. The summed E-state index contributed by atoms with van der Waals surface area (Å²) in [6.07, 6.45) is 3.80. The molecule has 0 saturated heterocycles. The van der Waals surface area contributed by atoms with Gasteiger partial charge < -0.3 is 9.84 Å². The van der Waals surface area contributed by atoms with Crippen LogP contribution in [-0.2, 0) is 0 Å². The minimum atomic E-state index is -1.07. The predicted octanol–water partition coefficient (Wildman–Crippen LogP) is 2.77. The maximum Gasteiger partial charge on any atom is 0.336 e. The molecule has 18 heavy (non-hydrogen) atoms. The molecule has 0 atom stereocenters. The SMILES string of the molecule is COc1ccc(C(=O)O)c(C(=O)C2CCCC2)c1. The number of carbonyl (C=O) groups excluding carboxylic acids is 1. The number of ketones is 1. The summed E-state index contributed by atoms with van der Waals surface area (Å²) in [4.78, 5) is 23.5. The van der Waals surface area contributed by atoms with Crippen LogP contribution >= 0.6 is 0 Å². The summed E-state index contributed by atoms with van der Waals surface area (Å²) >= 11 is 0. The molecule has 1 aromatic carbocycles. The van der Waals surface area contributed by atoms with Gasteiger partial charge in [0.25, 0.3) is 0 Å². The molecule has 2 rings (SSSR count). The van der Waals surface area contributed by atoms with Gasteiger partial charge in [-0.05, 0) is 31.0 Å². The first kappa shape index (κ1) is 12.6. The second-order valence-electron chi connectivity index (χ2n) is 4.56. The Labute approximate surface area is 106 Å². The van der Waals surface area contributed by atoms with Crippen LogP contribution in [0.1, 0.15) is 46.4 Å². The normalized spacial score (nSPS) is 15.6. The van der Waals surface area contributed by atoms with E-state index in [4.69, 9.17) is 9.84 Å². The van der Waals surface area contributed by atoms with Gasteiger partial charge in [-0.3, -0.25) is 4.79 Å². The topological polar surface area (TPSA) is 63.6 Å². The number of ether oxygens (including phenoxy) is 1. The van der Waals surface area contributed by atoms with Crippen LogP contribution in [-0.4, -0.2) is 24.0 Å². The molecule has 1 aliphatic rings. The summed E-state index contributed by atoms with van der Waals surface area (Å²) in [5.41, 5.74) is 0.335. The lowest BCUT2D eigenvalue weighted by atomic mass is 9.93. The molecule has 0 radical (unpaired) electrons. The molecule has 1 fully saturated rings. The zero-order chi connectivity index (χ0) is 13.1. The van der Waals surface area contributed by atoms with Crippen molar-refractivity contribution in [3.63, 3.8) is 0 Å². The zero-order valence-electron chi connectivity index (χ0n) is 10.3. The van der Waals surface area contributed by atoms with E-state index in [0.717, 1.165) is 25.7 Å². The Morgan fingerprint density at radius 1 is 1.22 bits per heavy atom. The summed E-state index contributed by atoms with van der Waals surface area (Å²) in [5.74, 6) is -0.653. The number of benzene rings is 1. The molecule has 1 aliphatic carbocycles. The molecule has 0 spiro atoms. The number of hydrogen-bond donors (Lipinski definition) is 1. The second-order valence-corrected chi connectivity index (χ2v) is 4.56. The number of Topliss-reactive ketones (excluding diaryl/α,β-unsaturated/α-hetero) is 1. The molecule has 1 N–H and O–H groups in total. The van der Waals surface area contributed by atoms with E-state index in [0.29, 0.717) is 5.75 Å². The van der Waals surface area contributed by atoms with E-state index in [2.05, 4.69) is 0 Å². The number of carbonyl (C=O) groups is 2. The average molecular weight is 248 g/mol. The fourth-order valence-corrected chi connectivity index (χ4v) is 2.45. The molecule has 4 heteroatoms. The van der Waals surface area contributed by atoms with Crippen molar-refractivity contribution in [3.8, 4) is 5.75 Å². The Morgan fingerprint density at radius 2 is 1.89 bits per heavy atom. The first-order valence-corrected chi connectivity index (χ1v) is 6.09. The summed E-state index contributed by atoms with van der Waals surface area (Å²) in [5, 5.41) is 9.13. The highest BCUT2D eigenvalue weighted by Gasteiger charge is 2.27. The highest BCUT2D eigenvalue weighted by molar-refractivity contribution is 6.07. The van der Waals surface area contributed by atoms with Crippen LogP contribution in [0.15, 0.2) is 18.2 Å². The van der Waals surface area contributed by atoms with Crippen LogP contribution in [0.5, 0.6) is 5.75 Å². The molecule has 1 saturated carbocycles. The van der Waals surface area contributed by atoms with Crippen LogP contribution in [0, 0.1) is 5.92 Å². The highest BCUT2D eigenvalue weighted by atomic mass is 16.5. The molecule has 0 aliphatic heterocycles. The standard InChI is InChI=1S/C14H16O4/c1-18-10-6-7-11(14(16)17)12(8-10)13(15)9-4-2-3-5-9/h6-9H,2-5H2,1H3,(H,16,17). The number of rotatable bonds is 4. The Kier molecular flexibility index (Phi) is 3.65. The van der Waals surface area contributed by atoms with E-state index in [9.17, 15) is 9.59 Å². The molecule has 1 aromatic rings. The Bertz CT molecular complexity index is 473. The third-order valence-electron chi connectivity index (χ3n) is 3.45. The summed E-state index contributed by atoms with van der Waals surface area (Å²) in [7, 11) is 1.50. The van der Waals surface area contributed by atoms with E-state index in [1.54, 1.807) is 6.07 Å². The Balaban J connectivity index is 2.39. The second kappa shape index (κ2) is 5.21. The van der Waals surface area contributed by atoms with Gasteiger partial charge in [0, 0.05) is 11.5 Å². The van der Waals surface area contributed by atoms with Crippen molar-refractivity contribution in [2.24, 2.45) is 5.92 Å². The third kappa shape index (κ3) is 2.37. The molecule has 0 amide bonds. The molecule has 0 bridgehead atoms. The monoisotopic (exact) mass is 248 g/mol. The fourth-order valence-electron chi connectivity index (χ4n) is 2.45. The average Bonchev–Trinajstić information content (AvgIpc) is 2.90. The molecular weight excluding hydrogens is 232 g/mol. The van der Waals surface area contributed by atoms with Crippen LogP contribution in [0.2, 0.25) is 0 Å². The van der Waals surface area contributed by atoms with Gasteiger partial charge in [-0.15, -0.1) is 0 Å². The first-order valence-electron chi connectivity index (χ1n) is 6.09. The fraction of sp³-hybridized carbons (Fsp3) is 0.429. The molecule has 96 valence electrons. The van der Waals surface area contributed by atoms with Crippen molar-refractivity contribution in [1.29, 1.82) is 0 Å². The number of carboxylic acids is 1. The van der Waals surface area contributed by atoms with E-state index in [-0.39, 0.29) is 22.8 Å². The summed E-state index contributed by atoms with van der Waals surface area (Å²) < 4.78 is 5.06. The Hall–Kier alpha value is -1.84. The minimum absolute atomic E-state index is 0.0322. The van der Waals surface area contributed by atoms with Crippen LogP contribution in [0.25, 0.3) is 0 Å². The van der Waals surface area contributed by atoms with Crippen LogP contribution in [0.3, 0.4) is 0 Å². The van der Waals surface area contributed by atoms with Gasteiger partial charge in [0.2, 0.25) is 0 Å². The third-order valence-corrected chi connectivity index (χ3v) is 3.45. The molecule has 0 heterocycles. The summed E-state index contributed by atoms with van der Waals surface area (Å²) in [6, 6.07) is 4.53. The molecule has 0 aromatic heterocycles. The number of methoxy groups -OCH3 is 1. The zero-order valence-corrected chi connectivity index (χ0v) is 10.3. The van der Waals surface area contributed by atoms with E-state index >= 15 is 0 Å². The van der Waals surface area contributed by atoms with Gasteiger partial charge in [-0.25, -0.2) is 4.79 Å². The van der Waals surface area contributed by atoms with Gasteiger partial charge in [0.05, 0.1) is 12.7 Å². The van der Waals surface area contributed by atoms with Gasteiger partial charge in [-0.2, -0.15) is 0 Å². The minimum Gasteiger partial charge on any atom is -0.497 e. The number of carboxylic acid groups (broad SMARTS) is 1. The van der Waals surface area contributed by atoms with Gasteiger partial charge in [0.15, 0.2) is 5.78 Å². The smallest absolute Gasteiger partial charge is 0.336 e. The van der Waals surface area contributed by atoms with Gasteiger partial charge in [-0.1, -0.05) is 12.8 Å². The summed E-state index contributed by atoms with van der Waals surface area (Å²) in [6.45, 7) is 0. The first-order chi connectivity index (χ1) is 8.63. The van der Waals surface area contributed by atoms with E-state index in [1.165, 1.54) is 19.2 Å². The molecule has 0 unspecified atom stereocenters. The lowest BCUT2D eigenvalue weighted by Crippen LogP contribution is -2.15. The maximum atomic E-state index is 12.3. The van der Waals surface area contributed by atoms with Crippen molar-refractivity contribution < 1.29 is 19.4 Å². The maximum absolute atomic E-state index is 12.3. The van der Waals surface area contributed by atoms with Gasteiger partial charge >= 0.3 is 5.97 Å². The Morgan fingerprint density at radius 3 is 2.44 bits per heavy atom. The van der Waals surface area contributed by atoms with Crippen molar-refractivity contribution in [2.45, 2.75) is 25.7 Å². The van der Waals surface area contributed by atoms with Crippen molar-refractivity contribution >= 4 is 11.8 Å². The number of aromatic carboxylic acids is 1. The molecule has 4 nitrogen and oxygen atoms in total. The van der Waals surface area contributed by atoms with Crippen molar-refractivity contribution in [2.75, 3.05) is 7.11 Å². The van der Waals surface area contributed by atoms with E-state index < -0.39 is 5.97 Å². The lowest BCUT2D eigenvalue weighted by molar-refractivity contribution is 0.0690. The highest BCUT2D eigenvalue weighted by Crippen LogP contribution is 2.30.